The van der Waals surface area contributed by atoms with E-state index in [-0.39, 0.29) is 11.9 Å². The highest BCUT2D eigenvalue weighted by Gasteiger charge is 2.38. The van der Waals surface area contributed by atoms with Gasteiger partial charge in [0.15, 0.2) is 5.78 Å². The standard InChI is InChI=1S/C20H23NO2/c1-20(2,18-14-21-12-13-23-18)19(22)17-10-8-16(9-11-17)15-6-4-3-5-7-15/h3-11,18,21H,12-14H2,1-2H3. The van der Waals surface area contributed by atoms with Crippen molar-refractivity contribution in [3.8, 4) is 11.1 Å². The number of morpholine rings is 1. The van der Waals surface area contributed by atoms with Crippen LogP contribution in [0.5, 0.6) is 0 Å². The molecular weight excluding hydrogens is 286 g/mol. The lowest BCUT2D eigenvalue weighted by Gasteiger charge is -2.36. The van der Waals surface area contributed by atoms with Gasteiger partial charge in [0.1, 0.15) is 0 Å². The van der Waals surface area contributed by atoms with Crippen molar-refractivity contribution < 1.29 is 9.53 Å². The highest BCUT2D eigenvalue weighted by Crippen LogP contribution is 2.30. The summed E-state index contributed by atoms with van der Waals surface area (Å²) in [4.78, 5) is 12.9. The molecule has 0 saturated carbocycles. The Morgan fingerprint density at radius 1 is 1.04 bits per heavy atom. The SMILES string of the molecule is CC(C)(C(=O)c1ccc(-c2ccccc2)cc1)C1CNCCO1. The fourth-order valence-corrected chi connectivity index (χ4v) is 2.99. The van der Waals surface area contributed by atoms with Gasteiger partial charge in [0.2, 0.25) is 0 Å². The Hall–Kier alpha value is -1.97. The molecule has 1 saturated heterocycles. The minimum atomic E-state index is -0.540. The van der Waals surface area contributed by atoms with Crippen LogP contribution in [0.15, 0.2) is 54.6 Å². The summed E-state index contributed by atoms with van der Waals surface area (Å²) in [6.45, 7) is 6.18. The van der Waals surface area contributed by atoms with Gasteiger partial charge in [-0.1, -0.05) is 54.6 Å². The van der Waals surface area contributed by atoms with Crippen LogP contribution in [0, 0.1) is 5.41 Å². The first-order valence-corrected chi connectivity index (χ1v) is 8.11. The molecule has 1 aliphatic rings. The minimum absolute atomic E-state index is 0.0856. The third kappa shape index (κ3) is 3.36. The van der Waals surface area contributed by atoms with Gasteiger partial charge >= 0.3 is 0 Å². The summed E-state index contributed by atoms with van der Waals surface area (Å²) in [7, 11) is 0. The molecule has 0 amide bonds. The Morgan fingerprint density at radius 3 is 2.30 bits per heavy atom. The number of benzene rings is 2. The van der Waals surface area contributed by atoms with Crippen LogP contribution in [0.2, 0.25) is 0 Å². The summed E-state index contributed by atoms with van der Waals surface area (Å²) in [6, 6.07) is 18.0. The lowest BCUT2D eigenvalue weighted by Crippen LogP contribution is -2.49. The first-order valence-electron chi connectivity index (χ1n) is 8.11. The van der Waals surface area contributed by atoms with Crippen molar-refractivity contribution in [2.45, 2.75) is 20.0 Å². The first-order chi connectivity index (χ1) is 11.1. The van der Waals surface area contributed by atoms with Gasteiger partial charge in [-0.25, -0.2) is 0 Å². The van der Waals surface area contributed by atoms with Crippen LogP contribution < -0.4 is 5.32 Å². The highest BCUT2D eigenvalue weighted by molar-refractivity contribution is 6.00. The Bertz CT molecular complexity index is 656. The van der Waals surface area contributed by atoms with Crippen molar-refractivity contribution >= 4 is 5.78 Å². The van der Waals surface area contributed by atoms with Gasteiger partial charge in [0.25, 0.3) is 0 Å². The van der Waals surface area contributed by atoms with Crippen molar-refractivity contribution in [1.29, 1.82) is 0 Å². The lowest BCUT2D eigenvalue weighted by molar-refractivity contribution is -0.0324. The number of hydrogen-bond donors (Lipinski definition) is 1. The fourth-order valence-electron chi connectivity index (χ4n) is 2.99. The predicted molar refractivity (Wildman–Crippen MR) is 92.6 cm³/mol. The summed E-state index contributed by atoms with van der Waals surface area (Å²) in [5, 5.41) is 3.30. The van der Waals surface area contributed by atoms with Crippen LogP contribution in [-0.4, -0.2) is 31.6 Å². The third-order valence-corrected chi connectivity index (χ3v) is 4.57. The van der Waals surface area contributed by atoms with Gasteiger partial charge in [0.05, 0.1) is 18.1 Å². The van der Waals surface area contributed by atoms with Crippen LogP contribution in [0.25, 0.3) is 11.1 Å². The van der Waals surface area contributed by atoms with Gasteiger partial charge in [-0.15, -0.1) is 0 Å². The van der Waals surface area contributed by atoms with E-state index in [0.717, 1.165) is 29.8 Å². The maximum atomic E-state index is 12.9. The summed E-state index contributed by atoms with van der Waals surface area (Å²) < 4.78 is 5.80. The molecule has 1 heterocycles. The van der Waals surface area contributed by atoms with Gasteiger partial charge < -0.3 is 10.1 Å². The molecule has 0 bridgehead atoms. The van der Waals surface area contributed by atoms with Crippen LogP contribution in [0.3, 0.4) is 0 Å². The second-order valence-corrected chi connectivity index (χ2v) is 6.56. The first kappa shape index (κ1) is 15.9. The number of nitrogens with one attached hydrogen (secondary N) is 1. The van der Waals surface area contributed by atoms with Crippen molar-refractivity contribution in [3.05, 3.63) is 60.2 Å². The smallest absolute Gasteiger partial charge is 0.171 e. The molecule has 3 nitrogen and oxygen atoms in total. The zero-order valence-corrected chi connectivity index (χ0v) is 13.7. The van der Waals surface area contributed by atoms with Crippen LogP contribution in [-0.2, 0) is 4.74 Å². The maximum absolute atomic E-state index is 12.9. The zero-order chi connectivity index (χ0) is 16.3. The third-order valence-electron chi connectivity index (χ3n) is 4.57. The van der Waals surface area contributed by atoms with E-state index in [1.54, 1.807) is 0 Å². The van der Waals surface area contributed by atoms with E-state index < -0.39 is 5.41 Å². The second kappa shape index (κ2) is 6.65. The Morgan fingerprint density at radius 2 is 1.70 bits per heavy atom. The van der Waals surface area contributed by atoms with E-state index in [0.29, 0.717) is 6.61 Å². The van der Waals surface area contributed by atoms with Gasteiger partial charge in [-0.05, 0) is 25.0 Å². The van der Waals surface area contributed by atoms with E-state index in [4.69, 9.17) is 4.74 Å². The number of rotatable bonds is 4. The molecule has 1 atom stereocenters. The van der Waals surface area contributed by atoms with Crippen molar-refractivity contribution in [3.63, 3.8) is 0 Å². The number of Topliss-reactive ketones (excluding diaryl/α,β-unsaturated/α-hetero) is 1. The van der Waals surface area contributed by atoms with E-state index in [2.05, 4.69) is 17.4 Å². The summed E-state index contributed by atoms with van der Waals surface area (Å²) >= 11 is 0. The molecule has 23 heavy (non-hydrogen) atoms. The highest BCUT2D eigenvalue weighted by atomic mass is 16.5. The monoisotopic (exact) mass is 309 g/mol. The lowest BCUT2D eigenvalue weighted by atomic mass is 9.78. The molecule has 120 valence electrons. The van der Waals surface area contributed by atoms with Crippen molar-refractivity contribution in [2.75, 3.05) is 19.7 Å². The van der Waals surface area contributed by atoms with E-state index >= 15 is 0 Å². The number of ketones is 1. The average Bonchev–Trinajstić information content (AvgIpc) is 2.63. The molecule has 1 fully saturated rings. The second-order valence-electron chi connectivity index (χ2n) is 6.56. The Balaban J connectivity index is 1.79. The number of ether oxygens (including phenoxy) is 1. The Labute approximate surface area is 137 Å². The van der Waals surface area contributed by atoms with Crippen LogP contribution in [0.1, 0.15) is 24.2 Å². The molecule has 1 N–H and O–H groups in total. The van der Waals surface area contributed by atoms with Crippen LogP contribution >= 0.6 is 0 Å². The van der Waals surface area contributed by atoms with Crippen molar-refractivity contribution in [1.82, 2.24) is 5.32 Å². The molecule has 3 rings (SSSR count). The van der Waals surface area contributed by atoms with Crippen molar-refractivity contribution in [2.24, 2.45) is 5.41 Å². The number of carbonyl (C=O) groups is 1. The zero-order valence-electron chi connectivity index (χ0n) is 13.7. The normalized spacial score (nSPS) is 18.6. The molecule has 0 spiro atoms. The molecule has 1 aliphatic heterocycles. The van der Waals surface area contributed by atoms with Crippen LogP contribution in [0.4, 0.5) is 0 Å². The largest absolute Gasteiger partial charge is 0.375 e. The van der Waals surface area contributed by atoms with Gasteiger partial charge in [0, 0.05) is 18.7 Å². The molecule has 2 aromatic carbocycles. The molecule has 0 aromatic heterocycles. The number of hydrogen-bond acceptors (Lipinski definition) is 3. The molecule has 0 radical (unpaired) electrons. The minimum Gasteiger partial charge on any atom is -0.375 e. The predicted octanol–water partition coefficient (Wildman–Crippen LogP) is 3.55. The van der Waals surface area contributed by atoms with Gasteiger partial charge in [-0.2, -0.15) is 0 Å². The quantitative estimate of drug-likeness (QED) is 0.878. The van der Waals surface area contributed by atoms with E-state index in [1.807, 2.05) is 56.3 Å². The summed E-state index contributed by atoms with van der Waals surface area (Å²) in [5.74, 6) is 0.130. The molecule has 1 unspecified atom stereocenters. The average molecular weight is 309 g/mol. The Kier molecular flexibility index (Phi) is 4.60. The summed E-state index contributed by atoms with van der Waals surface area (Å²) in [6.07, 6.45) is -0.0856. The molecule has 2 aromatic rings. The number of carbonyl (C=O) groups excluding carboxylic acids is 1. The maximum Gasteiger partial charge on any atom is 0.171 e. The fraction of sp³-hybridized carbons (Fsp3) is 0.350. The molecular formula is C20H23NO2. The topological polar surface area (TPSA) is 38.3 Å². The van der Waals surface area contributed by atoms with Gasteiger partial charge in [-0.3, -0.25) is 4.79 Å². The van der Waals surface area contributed by atoms with E-state index in [9.17, 15) is 4.79 Å². The molecule has 3 heteroatoms. The van der Waals surface area contributed by atoms with E-state index in [1.165, 1.54) is 0 Å². The molecule has 0 aliphatic carbocycles. The summed E-state index contributed by atoms with van der Waals surface area (Å²) in [5.41, 5.74) is 2.48.